The Balaban J connectivity index is 0.00000363. The van der Waals surface area contributed by atoms with E-state index in [0.717, 1.165) is 49.4 Å². The first-order valence-corrected chi connectivity index (χ1v) is 13.5. The van der Waals surface area contributed by atoms with Crippen LogP contribution in [-0.2, 0) is 6.42 Å². The van der Waals surface area contributed by atoms with E-state index in [1.807, 2.05) is 0 Å². The maximum Gasteiger partial charge on any atom is 0.191 e. The van der Waals surface area contributed by atoms with E-state index >= 15 is 0 Å². The minimum Gasteiger partial charge on any atom is -0.357 e. The first-order chi connectivity index (χ1) is 15.0. The number of nitrogens with zero attached hydrogens (tertiary/aromatic N) is 5. The standard InChI is InChI=1S/C23H43N7S.HI/c1-5-24-21(26-18-23(2,3)29-16-9-6-10-17-29)25-15-11-14-20-27-28-22(31-4)30(20)19-12-7-8-13-19;/h19H,5-18H2,1-4H3,(H2,24,25,26);1H. The van der Waals surface area contributed by atoms with Crippen LogP contribution in [0.25, 0.3) is 0 Å². The van der Waals surface area contributed by atoms with Crippen LogP contribution >= 0.6 is 35.7 Å². The lowest BCUT2D eigenvalue weighted by molar-refractivity contribution is 0.102. The summed E-state index contributed by atoms with van der Waals surface area (Å²) in [4.78, 5) is 7.52. The Morgan fingerprint density at radius 2 is 1.81 bits per heavy atom. The van der Waals surface area contributed by atoms with Gasteiger partial charge < -0.3 is 15.2 Å². The molecule has 0 unspecified atom stereocenters. The Kier molecular flexibility index (Phi) is 12.1. The molecule has 3 rings (SSSR count). The highest BCUT2D eigenvalue weighted by molar-refractivity contribution is 14.0. The van der Waals surface area contributed by atoms with Gasteiger partial charge in [-0.05, 0) is 72.2 Å². The molecular formula is C23H44IN7S. The molecule has 0 atom stereocenters. The number of hydrogen-bond acceptors (Lipinski definition) is 5. The first-order valence-electron chi connectivity index (χ1n) is 12.3. The van der Waals surface area contributed by atoms with Crippen molar-refractivity contribution in [1.29, 1.82) is 0 Å². The van der Waals surface area contributed by atoms with Gasteiger partial charge in [0.2, 0.25) is 0 Å². The van der Waals surface area contributed by atoms with Crippen molar-refractivity contribution in [2.24, 2.45) is 4.99 Å². The van der Waals surface area contributed by atoms with Gasteiger partial charge in [-0.25, -0.2) is 0 Å². The number of rotatable bonds is 10. The summed E-state index contributed by atoms with van der Waals surface area (Å²) in [5, 5.41) is 17.0. The van der Waals surface area contributed by atoms with Crippen LogP contribution < -0.4 is 10.6 Å². The van der Waals surface area contributed by atoms with Crippen molar-refractivity contribution in [3.05, 3.63) is 5.82 Å². The second-order valence-electron chi connectivity index (χ2n) is 9.50. The Morgan fingerprint density at radius 1 is 1.09 bits per heavy atom. The van der Waals surface area contributed by atoms with Crippen molar-refractivity contribution in [3.8, 4) is 0 Å². The maximum atomic E-state index is 4.92. The van der Waals surface area contributed by atoms with E-state index in [9.17, 15) is 0 Å². The highest BCUT2D eigenvalue weighted by atomic mass is 127. The third kappa shape index (κ3) is 7.75. The van der Waals surface area contributed by atoms with E-state index in [2.05, 4.69) is 57.3 Å². The second-order valence-corrected chi connectivity index (χ2v) is 10.3. The highest BCUT2D eigenvalue weighted by Crippen LogP contribution is 2.33. The van der Waals surface area contributed by atoms with E-state index in [0.29, 0.717) is 6.04 Å². The summed E-state index contributed by atoms with van der Waals surface area (Å²) >= 11 is 1.71. The minimum absolute atomic E-state index is 0. The molecule has 0 amide bonds. The fourth-order valence-electron chi connectivity index (χ4n) is 4.81. The second kappa shape index (κ2) is 14.0. The van der Waals surface area contributed by atoms with Gasteiger partial charge in [0.25, 0.3) is 0 Å². The van der Waals surface area contributed by atoms with Gasteiger partial charge in [-0.3, -0.25) is 9.89 Å². The quantitative estimate of drug-likeness (QED) is 0.141. The zero-order chi connectivity index (χ0) is 22.1. The predicted octanol–water partition coefficient (Wildman–Crippen LogP) is 4.49. The van der Waals surface area contributed by atoms with Crippen LogP contribution in [0.1, 0.15) is 84.0 Å². The number of aliphatic imine (C=N–C) groups is 1. The molecule has 1 aromatic rings. The summed E-state index contributed by atoms with van der Waals surface area (Å²) in [7, 11) is 0. The molecule has 1 aliphatic carbocycles. The molecule has 0 bridgehead atoms. The van der Waals surface area contributed by atoms with Crippen LogP contribution in [-0.4, -0.2) is 70.1 Å². The van der Waals surface area contributed by atoms with E-state index in [1.165, 1.54) is 58.0 Å². The molecule has 184 valence electrons. The average molecular weight is 578 g/mol. The van der Waals surface area contributed by atoms with Crippen molar-refractivity contribution in [1.82, 2.24) is 30.3 Å². The van der Waals surface area contributed by atoms with E-state index in [-0.39, 0.29) is 29.5 Å². The van der Waals surface area contributed by atoms with Crippen LogP contribution in [0.5, 0.6) is 0 Å². The first kappa shape index (κ1) is 27.7. The molecule has 0 radical (unpaired) electrons. The zero-order valence-electron chi connectivity index (χ0n) is 20.5. The fourth-order valence-corrected chi connectivity index (χ4v) is 5.39. The van der Waals surface area contributed by atoms with Gasteiger partial charge in [-0.1, -0.05) is 31.0 Å². The third-order valence-corrected chi connectivity index (χ3v) is 7.30. The summed E-state index contributed by atoms with van der Waals surface area (Å²) in [6, 6.07) is 0.594. The Labute approximate surface area is 216 Å². The van der Waals surface area contributed by atoms with Crippen LogP contribution in [0.15, 0.2) is 10.1 Å². The SMILES string of the molecule is CCNC(=NCC(C)(C)N1CCCCC1)NCCCc1nnc(SC)n1C1CCCC1.I. The van der Waals surface area contributed by atoms with Gasteiger partial charge in [-0.15, -0.1) is 34.2 Å². The average Bonchev–Trinajstić information content (AvgIpc) is 3.45. The van der Waals surface area contributed by atoms with Gasteiger partial charge in [-0.2, -0.15) is 0 Å². The smallest absolute Gasteiger partial charge is 0.191 e. The number of likely N-dealkylation sites (tertiary alicyclic amines) is 1. The molecule has 9 heteroatoms. The highest BCUT2D eigenvalue weighted by Gasteiger charge is 2.27. The number of hydrogen-bond donors (Lipinski definition) is 2. The number of halogens is 1. The van der Waals surface area contributed by atoms with Crippen molar-refractivity contribution in [2.75, 3.05) is 39.0 Å². The van der Waals surface area contributed by atoms with Crippen LogP contribution in [0.4, 0.5) is 0 Å². The molecule has 2 N–H and O–H groups in total. The maximum absolute atomic E-state index is 4.92. The van der Waals surface area contributed by atoms with E-state index < -0.39 is 0 Å². The summed E-state index contributed by atoms with van der Waals surface area (Å²) in [6.07, 6.45) is 13.3. The zero-order valence-corrected chi connectivity index (χ0v) is 23.7. The molecule has 7 nitrogen and oxygen atoms in total. The fraction of sp³-hybridized carbons (Fsp3) is 0.870. The van der Waals surface area contributed by atoms with E-state index in [1.54, 1.807) is 11.8 Å². The van der Waals surface area contributed by atoms with Gasteiger partial charge >= 0.3 is 0 Å². The number of nitrogens with one attached hydrogen (secondary N) is 2. The molecule has 0 spiro atoms. The third-order valence-electron chi connectivity index (χ3n) is 6.66. The normalized spacial score (nSPS) is 18.6. The molecule has 2 heterocycles. The predicted molar refractivity (Wildman–Crippen MR) is 147 cm³/mol. The van der Waals surface area contributed by atoms with Crippen LogP contribution in [0.2, 0.25) is 0 Å². The molecule has 1 saturated carbocycles. The Bertz CT molecular complexity index is 695. The van der Waals surface area contributed by atoms with Crippen molar-refractivity contribution < 1.29 is 0 Å². The van der Waals surface area contributed by atoms with Gasteiger partial charge in [0.05, 0.1) is 6.54 Å². The largest absolute Gasteiger partial charge is 0.357 e. The Hall–Kier alpha value is -0.550. The topological polar surface area (TPSA) is 70.4 Å². The summed E-state index contributed by atoms with van der Waals surface area (Å²) < 4.78 is 2.41. The van der Waals surface area contributed by atoms with Crippen LogP contribution in [0.3, 0.4) is 0 Å². The van der Waals surface area contributed by atoms with Crippen LogP contribution in [0, 0.1) is 0 Å². The van der Waals surface area contributed by atoms with Crippen molar-refractivity contribution in [2.45, 2.75) is 95.3 Å². The number of thioether (sulfide) groups is 1. The Morgan fingerprint density at radius 3 is 2.47 bits per heavy atom. The molecule has 32 heavy (non-hydrogen) atoms. The molecular weight excluding hydrogens is 533 g/mol. The molecule has 1 aliphatic heterocycles. The number of aryl methyl sites for hydroxylation is 1. The van der Waals surface area contributed by atoms with E-state index in [4.69, 9.17) is 4.99 Å². The molecule has 0 aromatic carbocycles. The monoisotopic (exact) mass is 577 g/mol. The van der Waals surface area contributed by atoms with Gasteiger partial charge in [0.1, 0.15) is 5.82 Å². The summed E-state index contributed by atoms with van der Waals surface area (Å²) in [5.74, 6) is 2.07. The lowest BCUT2D eigenvalue weighted by Gasteiger charge is -2.40. The lowest BCUT2D eigenvalue weighted by Crippen LogP contribution is -2.49. The summed E-state index contributed by atoms with van der Waals surface area (Å²) in [6.45, 7) is 11.8. The summed E-state index contributed by atoms with van der Waals surface area (Å²) in [5.41, 5.74) is 0.106. The van der Waals surface area contributed by atoms with Crippen molar-refractivity contribution >= 4 is 41.7 Å². The van der Waals surface area contributed by atoms with Crippen molar-refractivity contribution in [3.63, 3.8) is 0 Å². The minimum atomic E-state index is 0. The molecule has 2 aliphatic rings. The number of aromatic nitrogens is 3. The molecule has 2 fully saturated rings. The number of guanidine groups is 1. The number of piperidine rings is 1. The molecule has 1 saturated heterocycles. The van der Waals surface area contributed by atoms with Gasteiger partial charge in [0, 0.05) is 31.1 Å². The van der Waals surface area contributed by atoms with Gasteiger partial charge in [0.15, 0.2) is 11.1 Å². The lowest BCUT2D eigenvalue weighted by atomic mass is 9.99. The molecule has 1 aromatic heterocycles.